The Balaban J connectivity index is 0.00000361. The smallest absolute Gasteiger partial charge is 0.744 e. The van der Waals surface area contributed by atoms with E-state index in [0.29, 0.717) is 12.1 Å². The fourth-order valence-electron chi connectivity index (χ4n) is 0.994. The Kier molecular flexibility index (Phi) is 7.27. The van der Waals surface area contributed by atoms with Crippen molar-refractivity contribution in [1.82, 2.24) is 0 Å². The maximum atomic E-state index is 12.8. The largest absolute Gasteiger partial charge is 1.00 e. The molecule has 0 amide bonds. The van der Waals surface area contributed by atoms with Crippen molar-refractivity contribution in [1.29, 1.82) is 0 Å². The van der Waals surface area contributed by atoms with Crippen LogP contribution in [0.5, 0.6) is 5.75 Å². The van der Waals surface area contributed by atoms with Gasteiger partial charge in [0, 0.05) is 0 Å². The third-order valence-corrected chi connectivity index (χ3v) is 2.62. The zero-order valence-electron chi connectivity index (χ0n) is 9.74. The predicted molar refractivity (Wildman–Crippen MR) is 50.3 cm³/mol. The molecule has 11 heteroatoms. The van der Waals surface area contributed by atoms with Crippen molar-refractivity contribution in [2.75, 3.05) is 0 Å². The van der Waals surface area contributed by atoms with Crippen molar-refractivity contribution in [3.8, 4) is 5.75 Å². The van der Waals surface area contributed by atoms with Gasteiger partial charge in [0.1, 0.15) is 15.9 Å². The second-order valence-corrected chi connectivity index (χ2v) is 4.44. The van der Waals surface area contributed by atoms with Gasteiger partial charge < -0.3 is 9.29 Å². The molecule has 0 unspecified atom stereocenters. The summed E-state index contributed by atoms with van der Waals surface area (Å²) in [7, 11) is -5.11. The number of benzene rings is 1. The van der Waals surface area contributed by atoms with Crippen molar-refractivity contribution in [2.45, 2.75) is 11.1 Å². The Bertz CT molecular complexity index is 611. The summed E-state index contributed by atoms with van der Waals surface area (Å²) in [5, 5.41) is 0. The fraction of sp³-hybridized carbons (Fsp3) is 0.111. The Labute approximate surface area is 152 Å². The summed E-state index contributed by atoms with van der Waals surface area (Å²) in [4.78, 5) is -1.11. The minimum absolute atomic E-state index is 0. The summed E-state index contributed by atoms with van der Waals surface area (Å²) in [6, 6.07) is 0.802. The van der Waals surface area contributed by atoms with Crippen LogP contribution in [0.25, 0.3) is 0 Å². The number of para-hydroxylation sites is 1. The maximum absolute atomic E-state index is 12.8. The summed E-state index contributed by atoms with van der Waals surface area (Å²) in [6.07, 6.45) is -5.63. The van der Waals surface area contributed by atoms with Crippen LogP contribution in [-0.4, -0.2) is 19.1 Å². The van der Waals surface area contributed by atoms with Gasteiger partial charge >= 0.3 is 63.6 Å². The first kappa shape index (κ1) is 20.0. The van der Waals surface area contributed by atoms with Crippen LogP contribution in [0, 0.1) is 0 Å². The van der Waals surface area contributed by atoms with Crippen LogP contribution >= 0.6 is 0 Å². The summed E-state index contributed by atoms with van der Waals surface area (Å²) in [5.74, 6) is -4.22. The number of hydrogen-bond acceptors (Lipinski definition) is 4. The van der Waals surface area contributed by atoms with Gasteiger partial charge in [-0.1, -0.05) is 12.1 Å². The average molecular weight is 342 g/mol. The molecular weight excluding hydrogens is 338 g/mol. The molecule has 106 valence electrons. The number of allylic oxidation sites excluding steroid dienone is 1. The van der Waals surface area contributed by atoms with Crippen molar-refractivity contribution in [3.05, 3.63) is 36.1 Å². The number of ether oxygens (including phenoxy) is 1. The van der Waals surface area contributed by atoms with Crippen LogP contribution in [-0.2, 0) is 10.1 Å². The van der Waals surface area contributed by atoms with E-state index in [1.807, 2.05) is 0 Å². The van der Waals surface area contributed by atoms with Gasteiger partial charge in [0.25, 0.3) is 5.83 Å². The zero-order chi connectivity index (χ0) is 14.8. The molecule has 20 heavy (non-hydrogen) atoms. The molecule has 0 aromatic heterocycles. The summed E-state index contributed by atoms with van der Waals surface area (Å²) in [5.41, 5.74) is 0. The molecular formula is C9H4F5KO4S. The van der Waals surface area contributed by atoms with Crippen molar-refractivity contribution in [2.24, 2.45) is 0 Å². The van der Waals surface area contributed by atoms with E-state index in [9.17, 15) is 34.9 Å². The van der Waals surface area contributed by atoms with Gasteiger partial charge in [-0.2, -0.15) is 22.0 Å². The maximum Gasteiger partial charge on any atom is 1.00 e. The predicted octanol–water partition coefficient (Wildman–Crippen LogP) is -0.356. The monoisotopic (exact) mass is 342 g/mol. The molecule has 0 fully saturated rings. The average Bonchev–Trinajstić information content (AvgIpc) is 2.26. The molecule has 0 atom stereocenters. The third kappa shape index (κ3) is 5.39. The van der Waals surface area contributed by atoms with E-state index in [-0.39, 0.29) is 51.4 Å². The summed E-state index contributed by atoms with van der Waals surface area (Å²) >= 11 is 0. The van der Waals surface area contributed by atoms with E-state index in [2.05, 4.69) is 4.74 Å². The van der Waals surface area contributed by atoms with Gasteiger partial charge in [0.2, 0.25) is 0 Å². The van der Waals surface area contributed by atoms with E-state index in [0.717, 1.165) is 12.1 Å². The molecule has 0 aliphatic rings. The molecule has 4 nitrogen and oxygen atoms in total. The molecule has 0 heterocycles. The molecule has 0 radical (unpaired) electrons. The van der Waals surface area contributed by atoms with Crippen LogP contribution < -0.4 is 56.1 Å². The molecule has 0 N–H and O–H groups in total. The van der Waals surface area contributed by atoms with Crippen LogP contribution in [0.1, 0.15) is 0 Å². The van der Waals surface area contributed by atoms with E-state index in [1.54, 1.807) is 0 Å². The van der Waals surface area contributed by atoms with Crippen molar-refractivity contribution in [3.63, 3.8) is 0 Å². The second-order valence-electron chi connectivity index (χ2n) is 3.09. The first-order chi connectivity index (χ1) is 8.53. The van der Waals surface area contributed by atoms with Crippen LogP contribution in [0.2, 0.25) is 0 Å². The van der Waals surface area contributed by atoms with E-state index in [4.69, 9.17) is 0 Å². The van der Waals surface area contributed by atoms with E-state index in [1.165, 1.54) is 0 Å². The molecule has 0 saturated heterocycles. The van der Waals surface area contributed by atoms with Gasteiger partial charge in [-0.3, -0.25) is 0 Å². The zero-order valence-corrected chi connectivity index (χ0v) is 13.7. The van der Waals surface area contributed by atoms with Crippen molar-refractivity contribution < 1.29 is 91.0 Å². The van der Waals surface area contributed by atoms with Gasteiger partial charge in [-0.15, -0.1) is 0 Å². The summed E-state index contributed by atoms with van der Waals surface area (Å²) < 4.78 is 96.6. The molecule has 1 rings (SSSR count). The number of halogens is 5. The Morgan fingerprint density at radius 2 is 1.65 bits per heavy atom. The van der Waals surface area contributed by atoms with Gasteiger partial charge in [0.15, 0.2) is 0 Å². The Morgan fingerprint density at radius 3 is 2.10 bits per heavy atom. The molecule has 0 spiro atoms. The molecule has 1 aromatic rings. The molecule has 0 aliphatic carbocycles. The van der Waals surface area contributed by atoms with Gasteiger partial charge in [0.05, 0.1) is 4.90 Å². The molecule has 0 saturated carbocycles. The quantitative estimate of drug-likeness (QED) is 0.326. The molecule has 0 aliphatic heterocycles. The number of hydrogen-bond donors (Lipinski definition) is 0. The SMILES string of the molecule is O=S(=O)([O-])c1ccccc1O/C(F)=C(\F)C(F)(F)F.[K+]. The Morgan fingerprint density at radius 1 is 1.15 bits per heavy atom. The number of alkyl halides is 3. The van der Waals surface area contributed by atoms with Gasteiger partial charge in [-0.25, -0.2) is 8.42 Å². The topological polar surface area (TPSA) is 66.4 Å². The third-order valence-electron chi connectivity index (χ3n) is 1.74. The van der Waals surface area contributed by atoms with Crippen LogP contribution in [0.15, 0.2) is 41.0 Å². The van der Waals surface area contributed by atoms with Crippen LogP contribution in [0.3, 0.4) is 0 Å². The minimum Gasteiger partial charge on any atom is -0.744 e. The summed E-state index contributed by atoms with van der Waals surface area (Å²) in [6.45, 7) is 0. The van der Waals surface area contributed by atoms with E-state index < -0.39 is 38.8 Å². The van der Waals surface area contributed by atoms with Crippen LogP contribution in [0.4, 0.5) is 22.0 Å². The molecule has 1 aromatic carbocycles. The van der Waals surface area contributed by atoms with Crippen molar-refractivity contribution >= 4 is 10.1 Å². The standard InChI is InChI=1S/C9H5F5O4S.K/c10-7(9(12,13)14)8(11)18-5-3-1-2-4-6(5)19(15,16)17;/h1-4H,(H,15,16,17);/q;+1/p-1/b8-7-;. The number of rotatable bonds is 3. The Hall–Kier alpha value is -0.0436. The second kappa shape index (κ2) is 7.29. The fourth-order valence-corrected chi connectivity index (χ4v) is 1.60. The minimum atomic E-state index is -5.63. The first-order valence-corrected chi connectivity index (χ1v) is 5.79. The van der Waals surface area contributed by atoms with Gasteiger partial charge in [-0.05, 0) is 12.1 Å². The van der Waals surface area contributed by atoms with E-state index >= 15 is 0 Å². The molecule has 0 bridgehead atoms. The first-order valence-electron chi connectivity index (χ1n) is 4.38. The normalized spacial score (nSPS) is 13.3.